The third kappa shape index (κ3) is 5.04. The van der Waals surface area contributed by atoms with Gasteiger partial charge in [-0.25, -0.2) is 9.59 Å². The fraction of sp³-hybridized carbons (Fsp3) is 0.833. The number of rotatable bonds is 5. The van der Waals surface area contributed by atoms with Gasteiger partial charge in [-0.15, -0.1) is 0 Å². The molecule has 0 unspecified atom stereocenters. The number of aliphatic carboxylic acids is 1. The molecule has 3 N–H and O–H groups in total. The van der Waals surface area contributed by atoms with E-state index in [9.17, 15) is 14.7 Å². The minimum Gasteiger partial charge on any atom is -0.480 e. The topological polar surface area (TPSA) is 99.1 Å². The molecule has 1 rings (SSSR count). The highest BCUT2D eigenvalue weighted by Crippen LogP contribution is 2.15. The van der Waals surface area contributed by atoms with E-state index in [1.165, 1.54) is 11.8 Å². The fourth-order valence-corrected chi connectivity index (χ4v) is 2.03. The molecule has 19 heavy (non-hydrogen) atoms. The van der Waals surface area contributed by atoms with Crippen LogP contribution in [-0.4, -0.2) is 66.1 Å². The van der Waals surface area contributed by atoms with E-state index in [0.29, 0.717) is 25.7 Å². The number of ether oxygens (including phenoxy) is 1. The van der Waals surface area contributed by atoms with Gasteiger partial charge in [0.05, 0.1) is 6.10 Å². The molecule has 0 radical (unpaired) electrons. The monoisotopic (exact) mass is 274 g/mol. The Labute approximate surface area is 112 Å². The molecule has 1 aliphatic heterocycles. The van der Waals surface area contributed by atoms with E-state index >= 15 is 0 Å². The Hall–Kier alpha value is -1.34. The second-order valence-electron chi connectivity index (χ2n) is 4.94. The lowest BCUT2D eigenvalue weighted by Gasteiger charge is -2.28. The Morgan fingerprint density at radius 2 is 2.00 bits per heavy atom. The zero-order valence-corrected chi connectivity index (χ0v) is 11.3. The first-order valence-electron chi connectivity index (χ1n) is 6.42. The maximum absolute atomic E-state index is 11.8. The van der Waals surface area contributed by atoms with E-state index < -0.39 is 24.1 Å². The Balaban J connectivity index is 2.44. The minimum atomic E-state index is -1.29. The third-order valence-corrected chi connectivity index (χ3v) is 3.25. The first-order chi connectivity index (χ1) is 8.91. The fourth-order valence-electron chi connectivity index (χ4n) is 2.03. The van der Waals surface area contributed by atoms with Crippen LogP contribution in [-0.2, 0) is 9.53 Å². The van der Waals surface area contributed by atoms with Crippen LogP contribution in [0.15, 0.2) is 0 Å². The van der Waals surface area contributed by atoms with Gasteiger partial charge >= 0.3 is 12.0 Å². The van der Waals surface area contributed by atoms with Gasteiger partial charge in [0.15, 0.2) is 6.04 Å². The molecule has 2 atom stereocenters. The van der Waals surface area contributed by atoms with Crippen molar-refractivity contribution >= 4 is 12.0 Å². The van der Waals surface area contributed by atoms with E-state index in [1.807, 2.05) is 0 Å². The minimum absolute atomic E-state index is 0.374. The molecule has 0 spiro atoms. The van der Waals surface area contributed by atoms with E-state index in [4.69, 9.17) is 9.84 Å². The summed E-state index contributed by atoms with van der Waals surface area (Å²) in [5.74, 6) is -0.873. The van der Waals surface area contributed by atoms with E-state index in [0.717, 1.165) is 12.8 Å². The number of nitrogens with zero attached hydrogens (tertiary/aromatic N) is 1. The Kier molecular flexibility index (Phi) is 6.04. The van der Waals surface area contributed by atoms with Crippen LogP contribution in [0.5, 0.6) is 0 Å². The quantitative estimate of drug-likeness (QED) is 0.649. The lowest BCUT2D eigenvalue weighted by molar-refractivity contribution is -0.141. The van der Waals surface area contributed by atoms with Crippen molar-refractivity contribution in [2.45, 2.75) is 31.9 Å². The van der Waals surface area contributed by atoms with E-state index in [2.05, 4.69) is 5.32 Å². The van der Waals surface area contributed by atoms with E-state index in [-0.39, 0.29) is 0 Å². The predicted octanol–water partition coefficient (Wildman–Crippen LogP) is -0.112. The summed E-state index contributed by atoms with van der Waals surface area (Å²) in [5, 5.41) is 20.5. The zero-order chi connectivity index (χ0) is 14.4. The highest BCUT2D eigenvalue weighted by molar-refractivity contribution is 5.82. The van der Waals surface area contributed by atoms with Gasteiger partial charge in [0, 0.05) is 26.8 Å². The SMILES string of the molecule is C[C@@H](O)[C@H](NC(=O)N(C)CC1CCOCC1)C(=O)O. The van der Waals surface area contributed by atoms with Crippen LogP contribution in [0.25, 0.3) is 0 Å². The average Bonchev–Trinajstić information content (AvgIpc) is 2.35. The molecule has 7 heteroatoms. The number of carbonyl (C=O) groups excluding carboxylic acids is 1. The second-order valence-corrected chi connectivity index (χ2v) is 4.94. The number of hydrogen-bond donors (Lipinski definition) is 3. The van der Waals surface area contributed by atoms with Gasteiger partial charge in [-0.3, -0.25) is 0 Å². The van der Waals surface area contributed by atoms with Crippen molar-refractivity contribution in [1.82, 2.24) is 10.2 Å². The molecule has 0 bridgehead atoms. The van der Waals surface area contributed by atoms with Crippen LogP contribution in [0.3, 0.4) is 0 Å². The summed E-state index contributed by atoms with van der Waals surface area (Å²) in [6.07, 6.45) is 0.658. The Morgan fingerprint density at radius 3 is 2.47 bits per heavy atom. The number of carboxylic acid groups (broad SMARTS) is 1. The van der Waals surface area contributed by atoms with Crippen molar-refractivity contribution in [2.75, 3.05) is 26.8 Å². The molecular formula is C12H22N2O5. The molecule has 0 saturated carbocycles. The molecule has 1 fully saturated rings. The van der Waals surface area contributed by atoms with Crippen LogP contribution in [0.1, 0.15) is 19.8 Å². The van der Waals surface area contributed by atoms with Crippen LogP contribution in [0.2, 0.25) is 0 Å². The first-order valence-corrected chi connectivity index (χ1v) is 6.42. The summed E-state index contributed by atoms with van der Waals surface area (Å²) in [7, 11) is 1.62. The lowest BCUT2D eigenvalue weighted by Crippen LogP contribution is -2.52. The molecule has 110 valence electrons. The standard InChI is InChI=1S/C12H22N2O5/c1-8(15)10(11(16)17)13-12(18)14(2)7-9-3-5-19-6-4-9/h8-10,15H,3-7H2,1-2H3,(H,13,18)(H,16,17)/t8-,10+/m1/s1. The van der Waals surface area contributed by atoms with Gasteiger partial charge in [-0.1, -0.05) is 0 Å². The number of aliphatic hydroxyl groups excluding tert-OH is 1. The second kappa shape index (κ2) is 7.30. The smallest absolute Gasteiger partial charge is 0.328 e. The lowest BCUT2D eigenvalue weighted by atomic mass is 10.00. The number of hydrogen-bond acceptors (Lipinski definition) is 4. The number of carbonyl (C=O) groups is 2. The first kappa shape index (κ1) is 15.7. The molecular weight excluding hydrogens is 252 g/mol. The van der Waals surface area contributed by atoms with Crippen molar-refractivity contribution in [3.8, 4) is 0 Å². The average molecular weight is 274 g/mol. The Morgan fingerprint density at radius 1 is 1.42 bits per heavy atom. The summed E-state index contributed by atoms with van der Waals surface area (Å²) >= 11 is 0. The highest BCUT2D eigenvalue weighted by atomic mass is 16.5. The van der Waals surface area contributed by atoms with Crippen LogP contribution < -0.4 is 5.32 Å². The predicted molar refractivity (Wildman–Crippen MR) is 67.8 cm³/mol. The molecule has 0 aliphatic carbocycles. The number of carboxylic acids is 1. The van der Waals surface area contributed by atoms with Crippen molar-refractivity contribution in [3.63, 3.8) is 0 Å². The van der Waals surface area contributed by atoms with Gasteiger partial charge in [-0.05, 0) is 25.7 Å². The normalized spacial score (nSPS) is 19.5. The maximum Gasteiger partial charge on any atom is 0.328 e. The van der Waals surface area contributed by atoms with E-state index in [1.54, 1.807) is 7.05 Å². The molecule has 1 aliphatic rings. The van der Waals surface area contributed by atoms with Crippen molar-refractivity contribution in [3.05, 3.63) is 0 Å². The van der Waals surface area contributed by atoms with Gasteiger partial charge in [0.1, 0.15) is 0 Å². The summed E-state index contributed by atoms with van der Waals surface area (Å²) in [5.41, 5.74) is 0. The van der Waals surface area contributed by atoms with Crippen LogP contribution >= 0.6 is 0 Å². The number of amides is 2. The number of aliphatic hydroxyl groups is 1. The summed E-state index contributed by atoms with van der Waals surface area (Å²) in [6.45, 7) is 3.29. The highest BCUT2D eigenvalue weighted by Gasteiger charge is 2.27. The molecule has 2 amide bonds. The largest absolute Gasteiger partial charge is 0.480 e. The summed E-state index contributed by atoms with van der Waals surface area (Å²) in [4.78, 5) is 24.2. The van der Waals surface area contributed by atoms with Gasteiger partial charge in [-0.2, -0.15) is 0 Å². The van der Waals surface area contributed by atoms with Gasteiger partial charge in [0.25, 0.3) is 0 Å². The molecule has 0 aromatic carbocycles. The molecule has 0 aromatic rings. The third-order valence-electron chi connectivity index (χ3n) is 3.25. The van der Waals surface area contributed by atoms with Crippen molar-refractivity contribution in [2.24, 2.45) is 5.92 Å². The molecule has 7 nitrogen and oxygen atoms in total. The van der Waals surface area contributed by atoms with Crippen molar-refractivity contribution in [1.29, 1.82) is 0 Å². The molecule has 1 saturated heterocycles. The summed E-state index contributed by atoms with van der Waals surface area (Å²) in [6, 6.07) is -1.77. The summed E-state index contributed by atoms with van der Waals surface area (Å²) < 4.78 is 5.24. The maximum atomic E-state index is 11.8. The molecule has 1 heterocycles. The van der Waals surface area contributed by atoms with Gasteiger partial charge in [0.2, 0.25) is 0 Å². The van der Waals surface area contributed by atoms with Crippen LogP contribution in [0.4, 0.5) is 4.79 Å². The number of urea groups is 1. The number of nitrogens with one attached hydrogen (secondary N) is 1. The van der Waals surface area contributed by atoms with Gasteiger partial charge < -0.3 is 25.2 Å². The molecule has 0 aromatic heterocycles. The Bertz CT molecular complexity index is 315. The van der Waals surface area contributed by atoms with Crippen LogP contribution in [0, 0.1) is 5.92 Å². The zero-order valence-electron chi connectivity index (χ0n) is 11.3. The van der Waals surface area contributed by atoms with Crippen molar-refractivity contribution < 1.29 is 24.5 Å².